The van der Waals surface area contributed by atoms with Crippen molar-refractivity contribution in [1.29, 1.82) is 0 Å². The number of benzene rings is 2. The average Bonchev–Trinajstić information content (AvgIpc) is 2.92. The predicted molar refractivity (Wildman–Crippen MR) is 167 cm³/mol. The van der Waals surface area contributed by atoms with Crippen molar-refractivity contribution < 1.29 is 28.7 Å². The summed E-state index contributed by atoms with van der Waals surface area (Å²) in [5.41, 5.74) is -0.0493. The molecule has 2 N–H and O–H groups in total. The minimum atomic E-state index is -1.04. The lowest BCUT2D eigenvalue weighted by atomic mass is 10.0. The summed E-state index contributed by atoms with van der Waals surface area (Å²) in [6.45, 7) is 12.6. The fourth-order valence-electron chi connectivity index (χ4n) is 4.45. The highest BCUT2D eigenvalue weighted by molar-refractivity contribution is 5.92. The summed E-state index contributed by atoms with van der Waals surface area (Å²) in [7, 11) is 0. The van der Waals surface area contributed by atoms with Crippen LogP contribution in [0.15, 0.2) is 60.7 Å². The van der Waals surface area contributed by atoms with E-state index in [4.69, 9.17) is 9.47 Å². The molecule has 0 aliphatic heterocycles. The van der Waals surface area contributed by atoms with Gasteiger partial charge in [0.2, 0.25) is 11.8 Å². The van der Waals surface area contributed by atoms with Crippen molar-refractivity contribution >= 4 is 23.9 Å². The minimum Gasteiger partial charge on any atom is -0.458 e. The molecule has 2 aromatic carbocycles. The summed E-state index contributed by atoms with van der Waals surface area (Å²) in [6, 6.07) is 16.3. The van der Waals surface area contributed by atoms with Gasteiger partial charge < -0.3 is 25.0 Å². The summed E-state index contributed by atoms with van der Waals surface area (Å²) in [4.78, 5) is 55.0. The zero-order valence-electron chi connectivity index (χ0n) is 26.8. The smallest absolute Gasteiger partial charge is 0.408 e. The van der Waals surface area contributed by atoms with Crippen LogP contribution in [0.1, 0.15) is 91.3 Å². The van der Waals surface area contributed by atoms with Gasteiger partial charge in [-0.2, -0.15) is 0 Å². The number of carbonyl (C=O) groups excluding carboxylic acids is 4. The second kappa shape index (κ2) is 16.7. The Bertz CT molecular complexity index is 1170. The lowest BCUT2D eigenvalue weighted by Crippen LogP contribution is -2.52. The van der Waals surface area contributed by atoms with E-state index >= 15 is 0 Å². The first-order valence-corrected chi connectivity index (χ1v) is 15.1. The Labute approximate surface area is 256 Å². The number of carbonyl (C=O) groups is 4. The molecule has 0 aliphatic rings. The lowest BCUT2D eigenvalue weighted by Gasteiger charge is -2.33. The van der Waals surface area contributed by atoms with E-state index in [1.807, 2.05) is 36.4 Å². The lowest BCUT2D eigenvalue weighted by molar-refractivity contribution is -0.159. The van der Waals surface area contributed by atoms with E-state index in [1.54, 1.807) is 65.8 Å². The Hall–Kier alpha value is -3.88. The van der Waals surface area contributed by atoms with Crippen LogP contribution < -0.4 is 10.6 Å². The second-order valence-electron chi connectivity index (χ2n) is 12.6. The molecule has 0 saturated heterocycles. The zero-order chi connectivity index (χ0) is 32.0. The van der Waals surface area contributed by atoms with E-state index in [0.29, 0.717) is 12.0 Å². The molecule has 0 spiro atoms. The van der Waals surface area contributed by atoms with E-state index in [9.17, 15) is 19.2 Å². The van der Waals surface area contributed by atoms with Gasteiger partial charge in [0.1, 0.15) is 29.8 Å². The Morgan fingerprint density at radius 3 is 1.93 bits per heavy atom. The van der Waals surface area contributed by atoms with E-state index < -0.39 is 47.2 Å². The van der Waals surface area contributed by atoms with Crippen molar-refractivity contribution in [3.63, 3.8) is 0 Å². The maximum absolute atomic E-state index is 14.2. The molecule has 9 heteroatoms. The van der Waals surface area contributed by atoms with E-state index in [1.165, 1.54) is 4.90 Å². The summed E-state index contributed by atoms with van der Waals surface area (Å²) in [6.07, 6.45) is 3.03. The van der Waals surface area contributed by atoms with E-state index in [2.05, 4.69) is 17.6 Å². The molecule has 0 heterocycles. The standard InChI is InChI=1S/C34H49N3O6/c1-8-9-10-17-22-37(28(38)24-35-32(41)43-34(5,6)7)29(26-20-15-12-16-21-26)30(39)36-27(31(40)42-33(2,3)4)23-25-18-13-11-14-19-25/h11-16,18-21,27,29H,8-10,17,22-24H2,1-7H3,(H,35,41)(H,36,39). The predicted octanol–water partition coefficient (Wildman–Crippen LogP) is 5.73. The van der Waals surface area contributed by atoms with Gasteiger partial charge in [-0.3, -0.25) is 9.59 Å². The quantitative estimate of drug-likeness (QED) is 0.213. The highest BCUT2D eigenvalue weighted by Gasteiger charge is 2.35. The molecule has 0 aliphatic carbocycles. The topological polar surface area (TPSA) is 114 Å². The third-order valence-corrected chi connectivity index (χ3v) is 6.32. The summed E-state index contributed by atoms with van der Waals surface area (Å²) >= 11 is 0. The van der Waals surface area contributed by atoms with Crippen LogP contribution in [-0.4, -0.2) is 59.1 Å². The van der Waals surface area contributed by atoms with Gasteiger partial charge in [0.05, 0.1) is 0 Å². The normalized spacial score (nSPS) is 12.9. The van der Waals surface area contributed by atoms with Gasteiger partial charge in [-0.1, -0.05) is 86.8 Å². The fraction of sp³-hybridized carbons (Fsp3) is 0.529. The number of hydrogen-bond acceptors (Lipinski definition) is 6. The fourth-order valence-corrected chi connectivity index (χ4v) is 4.45. The highest BCUT2D eigenvalue weighted by atomic mass is 16.6. The number of nitrogens with zero attached hydrogens (tertiary/aromatic N) is 1. The number of esters is 1. The molecular weight excluding hydrogens is 546 g/mol. The number of alkyl carbamates (subject to hydrolysis) is 1. The summed E-state index contributed by atoms with van der Waals surface area (Å²) in [5.74, 6) is -1.52. The van der Waals surface area contributed by atoms with Crippen LogP contribution >= 0.6 is 0 Å². The van der Waals surface area contributed by atoms with Crippen LogP contribution in [-0.2, 0) is 30.3 Å². The van der Waals surface area contributed by atoms with Crippen molar-refractivity contribution in [2.75, 3.05) is 13.1 Å². The molecule has 0 radical (unpaired) electrons. The third kappa shape index (κ3) is 13.3. The molecule has 0 bridgehead atoms. The van der Waals surface area contributed by atoms with Crippen LogP contribution in [0.3, 0.4) is 0 Å². The first-order chi connectivity index (χ1) is 20.2. The average molecular weight is 596 g/mol. The van der Waals surface area contributed by atoms with Gasteiger partial charge >= 0.3 is 12.1 Å². The molecule has 43 heavy (non-hydrogen) atoms. The third-order valence-electron chi connectivity index (χ3n) is 6.32. The molecule has 2 rings (SSSR count). The molecule has 236 valence electrons. The molecule has 2 aromatic rings. The van der Waals surface area contributed by atoms with Crippen molar-refractivity contribution in [2.24, 2.45) is 0 Å². The number of unbranched alkanes of at least 4 members (excludes halogenated alkanes) is 3. The maximum Gasteiger partial charge on any atom is 0.408 e. The Morgan fingerprint density at radius 2 is 1.37 bits per heavy atom. The van der Waals surface area contributed by atoms with Crippen LogP contribution in [0.2, 0.25) is 0 Å². The monoisotopic (exact) mass is 595 g/mol. The number of ether oxygens (including phenoxy) is 2. The molecule has 2 unspecified atom stereocenters. The van der Waals surface area contributed by atoms with Crippen LogP contribution in [0.4, 0.5) is 4.79 Å². The van der Waals surface area contributed by atoms with Crippen molar-refractivity contribution in [3.05, 3.63) is 71.8 Å². The van der Waals surface area contributed by atoms with E-state index in [0.717, 1.165) is 24.8 Å². The Kier molecular flexibility index (Phi) is 13.7. The molecule has 9 nitrogen and oxygen atoms in total. The SMILES string of the molecule is CCCCCCN(C(=O)CNC(=O)OC(C)(C)C)C(C(=O)NC(Cc1ccccc1)C(=O)OC(C)(C)C)c1ccccc1. The van der Waals surface area contributed by atoms with Crippen molar-refractivity contribution in [3.8, 4) is 0 Å². The number of hydrogen-bond donors (Lipinski definition) is 2. The first-order valence-electron chi connectivity index (χ1n) is 15.1. The number of nitrogens with one attached hydrogen (secondary N) is 2. The first kappa shape index (κ1) is 35.3. The number of rotatable bonds is 14. The summed E-state index contributed by atoms with van der Waals surface area (Å²) < 4.78 is 11.0. The van der Waals surface area contributed by atoms with E-state index in [-0.39, 0.29) is 19.5 Å². The van der Waals surface area contributed by atoms with Crippen LogP contribution in [0.5, 0.6) is 0 Å². The number of amides is 3. The largest absolute Gasteiger partial charge is 0.458 e. The Morgan fingerprint density at radius 1 is 0.791 bits per heavy atom. The van der Waals surface area contributed by atoms with Gasteiger partial charge in [-0.25, -0.2) is 9.59 Å². The van der Waals surface area contributed by atoms with Gasteiger partial charge in [-0.15, -0.1) is 0 Å². The molecule has 0 fully saturated rings. The van der Waals surface area contributed by atoms with Crippen LogP contribution in [0, 0.1) is 0 Å². The maximum atomic E-state index is 14.2. The summed E-state index contributed by atoms with van der Waals surface area (Å²) in [5, 5.41) is 5.43. The van der Waals surface area contributed by atoms with Gasteiger partial charge in [0.15, 0.2) is 0 Å². The molecule has 0 aromatic heterocycles. The van der Waals surface area contributed by atoms with Crippen LogP contribution in [0.25, 0.3) is 0 Å². The second-order valence-corrected chi connectivity index (χ2v) is 12.6. The minimum absolute atomic E-state index is 0.216. The highest BCUT2D eigenvalue weighted by Crippen LogP contribution is 2.24. The molecule has 2 atom stereocenters. The van der Waals surface area contributed by atoms with Gasteiger partial charge in [0.25, 0.3) is 0 Å². The van der Waals surface area contributed by atoms with Gasteiger partial charge in [0, 0.05) is 13.0 Å². The Balaban J connectivity index is 2.42. The molecule has 3 amide bonds. The zero-order valence-corrected chi connectivity index (χ0v) is 26.8. The van der Waals surface area contributed by atoms with Gasteiger partial charge in [-0.05, 0) is 59.1 Å². The molecule has 0 saturated carbocycles. The van der Waals surface area contributed by atoms with Crippen molar-refractivity contribution in [2.45, 2.75) is 104 Å². The van der Waals surface area contributed by atoms with Crippen molar-refractivity contribution in [1.82, 2.24) is 15.5 Å². The molecular formula is C34H49N3O6.